The second-order valence-electron chi connectivity index (χ2n) is 4.57. The van der Waals surface area contributed by atoms with E-state index in [0.29, 0.717) is 6.07 Å². The van der Waals surface area contributed by atoms with Crippen LogP contribution >= 0.6 is 0 Å². The number of rotatable bonds is 6. The summed E-state index contributed by atoms with van der Waals surface area (Å²) >= 11 is 0. The van der Waals surface area contributed by atoms with E-state index in [0.717, 1.165) is 12.1 Å². The van der Waals surface area contributed by atoms with Gasteiger partial charge in [0.2, 0.25) is 10.0 Å². The van der Waals surface area contributed by atoms with Crippen LogP contribution in [0.15, 0.2) is 23.1 Å². The predicted molar refractivity (Wildman–Crippen MR) is 73.2 cm³/mol. The second kappa shape index (κ2) is 6.04. The minimum Gasteiger partial charge on any atom is -0.271 e. The SMILES string of the molecule is CC(C)CNS(=O)(=O)Nc1cc(F)cc(S(N)(=O)=O)c1. The van der Waals surface area contributed by atoms with Gasteiger partial charge < -0.3 is 0 Å². The third kappa shape index (κ3) is 5.41. The van der Waals surface area contributed by atoms with Crippen LogP contribution in [0.2, 0.25) is 0 Å². The summed E-state index contributed by atoms with van der Waals surface area (Å²) in [6, 6.07) is 2.49. The third-order valence-corrected chi connectivity index (χ3v) is 4.08. The summed E-state index contributed by atoms with van der Waals surface area (Å²) in [5, 5.41) is 4.87. The monoisotopic (exact) mass is 325 g/mol. The van der Waals surface area contributed by atoms with Gasteiger partial charge in [-0.25, -0.2) is 17.9 Å². The molecule has 0 amide bonds. The molecule has 20 heavy (non-hydrogen) atoms. The number of primary sulfonamides is 1. The maximum atomic E-state index is 13.3. The molecule has 0 fully saturated rings. The van der Waals surface area contributed by atoms with Crippen molar-refractivity contribution in [2.24, 2.45) is 11.1 Å². The summed E-state index contributed by atoms with van der Waals surface area (Å²) in [7, 11) is -8.04. The zero-order valence-electron chi connectivity index (χ0n) is 10.9. The summed E-state index contributed by atoms with van der Waals surface area (Å²) in [6.07, 6.45) is 0. The molecule has 0 heterocycles. The summed E-state index contributed by atoms with van der Waals surface area (Å²) in [4.78, 5) is -0.515. The van der Waals surface area contributed by atoms with Crippen molar-refractivity contribution < 1.29 is 21.2 Å². The second-order valence-corrected chi connectivity index (χ2v) is 7.63. The van der Waals surface area contributed by atoms with E-state index in [1.54, 1.807) is 0 Å². The van der Waals surface area contributed by atoms with Crippen molar-refractivity contribution >= 4 is 25.9 Å². The van der Waals surface area contributed by atoms with Gasteiger partial charge in [-0.15, -0.1) is 0 Å². The molecule has 0 saturated heterocycles. The third-order valence-electron chi connectivity index (χ3n) is 2.13. The molecule has 114 valence electrons. The molecule has 1 rings (SSSR count). The van der Waals surface area contributed by atoms with Gasteiger partial charge in [0.1, 0.15) is 5.82 Å². The van der Waals surface area contributed by atoms with Crippen molar-refractivity contribution in [2.75, 3.05) is 11.3 Å². The van der Waals surface area contributed by atoms with E-state index in [9.17, 15) is 21.2 Å². The minimum absolute atomic E-state index is 0.0825. The predicted octanol–water partition coefficient (Wildman–Crippen LogP) is 0.375. The van der Waals surface area contributed by atoms with Crippen molar-refractivity contribution in [1.29, 1.82) is 0 Å². The number of halogens is 1. The highest BCUT2D eigenvalue weighted by Gasteiger charge is 2.15. The lowest BCUT2D eigenvalue weighted by atomic mass is 10.2. The molecule has 0 aromatic heterocycles. The quantitative estimate of drug-likeness (QED) is 0.700. The van der Waals surface area contributed by atoms with Crippen LogP contribution in [0, 0.1) is 11.7 Å². The average molecular weight is 325 g/mol. The molecule has 7 nitrogen and oxygen atoms in total. The summed E-state index contributed by atoms with van der Waals surface area (Å²) < 4.78 is 63.1. The number of nitrogens with one attached hydrogen (secondary N) is 2. The van der Waals surface area contributed by atoms with Crippen LogP contribution < -0.4 is 14.6 Å². The fourth-order valence-corrected chi connectivity index (χ4v) is 2.87. The van der Waals surface area contributed by atoms with E-state index in [1.807, 2.05) is 18.6 Å². The first-order chi connectivity index (χ1) is 8.99. The van der Waals surface area contributed by atoms with Gasteiger partial charge in [-0.2, -0.15) is 13.1 Å². The highest BCUT2D eigenvalue weighted by Crippen LogP contribution is 2.18. The molecule has 0 radical (unpaired) electrons. The normalized spacial score (nSPS) is 12.7. The number of anilines is 1. The Morgan fingerprint density at radius 2 is 1.80 bits per heavy atom. The van der Waals surface area contributed by atoms with Crippen LogP contribution in [0.4, 0.5) is 10.1 Å². The van der Waals surface area contributed by atoms with Crippen molar-refractivity contribution in [3.8, 4) is 0 Å². The Morgan fingerprint density at radius 3 is 2.30 bits per heavy atom. The van der Waals surface area contributed by atoms with Gasteiger partial charge in [0.15, 0.2) is 0 Å². The number of hydrogen-bond acceptors (Lipinski definition) is 4. The molecule has 0 aliphatic heterocycles. The molecule has 10 heteroatoms. The van der Waals surface area contributed by atoms with E-state index < -0.39 is 30.9 Å². The fourth-order valence-electron chi connectivity index (χ4n) is 1.25. The van der Waals surface area contributed by atoms with Crippen LogP contribution in [0.5, 0.6) is 0 Å². The first kappa shape index (κ1) is 16.8. The van der Waals surface area contributed by atoms with Gasteiger partial charge in [0.05, 0.1) is 10.6 Å². The lowest BCUT2D eigenvalue weighted by Gasteiger charge is -2.11. The molecule has 0 bridgehead atoms. The Hall–Kier alpha value is -1.23. The number of hydrogen-bond donors (Lipinski definition) is 3. The van der Waals surface area contributed by atoms with Gasteiger partial charge in [-0.3, -0.25) is 4.72 Å². The highest BCUT2D eigenvalue weighted by molar-refractivity contribution is 7.90. The van der Waals surface area contributed by atoms with Gasteiger partial charge in [-0.1, -0.05) is 13.8 Å². The molecular formula is C10H16FN3O4S2. The van der Waals surface area contributed by atoms with Crippen molar-refractivity contribution in [1.82, 2.24) is 4.72 Å². The van der Waals surface area contributed by atoms with E-state index in [4.69, 9.17) is 5.14 Å². The summed E-state index contributed by atoms with van der Waals surface area (Å²) in [5.74, 6) is -0.836. The van der Waals surface area contributed by atoms with Crippen LogP contribution in [0.3, 0.4) is 0 Å². The van der Waals surface area contributed by atoms with Gasteiger partial charge in [0, 0.05) is 6.54 Å². The largest absolute Gasteiger partial charge is 0.299 e. The minimum atomic E-state index is -4.12. The Morgan fingerprint density at radius 1 is 1.20 bits per heavy atom. The number of nitrogens with two attached hydrogens (primary N) is 1. The maximum Gasteiger partial charge on any atom is 0.299 e. The van der Waals surface area contributed by atoms with Crippen molar-refractivity contribution in [3.05, 3.63) is 24.0 Å². The lowest BCUT2D eigenvalue weighted by molar-refractivity contribution is 0.564. The van der Waals surface area contributed by atoms with Crippen LogP contribution in [0.1, 0.15) is 13.8 Å². The Labute approximate surface area is 117 Å². The maximum absolute atomic E-state index is 13.3. The topological polar surface area (TPSA) is 118 Å². The van der Waals surface area contributed by atoms with E-state index >= 15 is 0 Å². The van der Waals surface area contributed by atoms with Crippen LogP contribution in [-0.4, -0.2) is 23.4 Å². The number of benzene rings is 1. The molecule has 1 aromatic rings. The molecule has 0 spiro atoms. The zero-order valence-corrected chi connectivity index (χ0v) is 12.6. The zero-order chi connectivity index (χ0) is 15.6. The van der Waals surface area contributed by atoms with Crippen LogP contribution in [-0.2, 0) is 20.2 Å². The van der Waals surface area contributed by atoms with Crippen molar-refractivity contribution in [3.63, 3.8) is 0 Å². The summed E-state index contributed by atoms with van der Waals surface area (Å²) in [6.45, 7) is 3.81. The first-order valence-electron chi connectivity index (χ1n) is 5.60. The molecular weight excluding hydrogens is 309 g/mol. The molecule has 0 aliphatic rings. The standard InChI is InChI=1S/C10H16FN3O4S2/c1-7(2)6-13-20(17,18)14-9-3-8(11)4-10(5-9)19(12,15)16/h3-5,7,13-14H,6H2,1-2H3,(H2,12,15,16). The molecule has 0 aliphatic carbocycles. The molecule has 0 saturated carbocycles. The lowest BCUT2D eigenvalue weighted by Crippen LogP contribution is -2.33. The molecule has 4 N–H and O–H groups in total. The van der Waals surface area contributed by atoms with E-state index in [1.165, 1.54) is 0 Å². The van der Waals surface area contributed by atoms with Gasteiger partial charge >= 0.3 is 0 Å². The summed E-state index contributed by atoms with van der Waals surface area (Å²) in [5.41, 5.74) is -0.231. The van der Waals surface area contributed by atoms with Crippen molar-refractivity contribution in [2.45, 2.75) is 18.7 Å². The van der Waals surface area contributed by atoms with Crippen LogP contribution in [0.25, 0.3) is 0 Å². The highest BCUT2D eigenvalue weighted by atomic mass is 32.2. The van der Waals surface area contributed by atoms with E-state index in [-0.39, 0.29) is 18.2 Å². The Kier molecular flexibility index (Phi) is 5.08. The number of sulfonamides is 1. The fraction of sp³-hybridized carbons (Fsp3) is 0.400. The molecule has 0 unspecified atom stereocenters. The molecule has 1 aromatic carbocycles. The smallest absolute Gasteiger partial charge is 0.271 e. The van der Waals surface area contributed by atoms with Gasteiger partial charge in [0.25, 0.3) is 10.2 Å². The molecule has 0 atom stereocenters. The first-order valence-corrected chi connectivity index (χ1v) is 8.63. The Balaban J connectivity index is 3.01. The Bertz CT molecular complexity index is 686. The average Bonchev–Trinajstić information content (AvgIpc) is 2.24. The van der Waals surface area contributed by atoms with Gasteiger partial charge in [-0.05, 0) is 24.1 Å². The van der Waals surface area contributed by atoms with E-state index in [2.05, 4.69) is 4.72 Å².